The summed E-state index contributed by atoms with van der Waals surface area (Å²) in [5, 5.41) is 18.4. The molecule has 0 aliphatic heterocycles. The third-order valence-electron chi connectivity index (χ3n) is 6.98. The molecule has 5 rings (SSSR count). The second-order valence-corrected chi connectivity index (χ2v) is 10.9. The Bertz CT molecular complexity index is 1820. The van der Waals surface area contributed by atoms with Gasteiger partial charge in [0, 0.05) is 59.8 Å². The quantitative estimate of drug-likeness (QED) is 0.192. The number of carbonyl (C=O) groups excluding carboxylic acids is 1. The van der Waals surface area contributed by atoms with Gasteiger partial charge in [-0.1, -0.05) is 11.6 Å². The fourth-order valence-electron chi connectivity index (χ4n) is 4.75. The molecule has 0 atom stereocenters. The maximum Gasteiger partial charge on any atom is 0.224 e. The number of nitrogens with zero attached hydrogens (tertiary/aromatic N) is 5. The minimum atomic E-state index is -0.0555. The maximum atomic E-state index is 12.6. The zero-order valence-corrected chi connectivity index (χ0v) is 24.8. The van der Waals surface area contributed by atoms with E-state index >= 15 is 0 Å². The van der Waals surface area contributed by atoms with E-state index in [9.17, 15) is 10.1 Å². The lowest BCUT2D eigenvalue weighted by atomic mass is 10.0. The number of nitriles is 1. The third-order valence-corrected chi connectivity index (χ3v) is 7.27. The van der Waals surface area contributed by atoms with Crippen LogP contribution >= 0.6 is 11.6 Å². The molecule has 2 N–H and O–H groups in total. The van der Waals surface area contributed by atoms with Crippen molar-refractivity contribution in [2.45, 2.75) is 26.4 Å². The zero-order chi connectivity index (χ0) is 29.8. The minimum Gasteiger partial charge on any atom is -0.487 e. The standard InChI is InChI=1S/C32H32ClN7O2/c1-20-12-28-25(15-27(20)38-30(41)6-5-10-39(2)3)31(23(16-34)18-35-28)37-24-7-8-29(26(33)14-24)42-19-21-13-22-9-11-40(4)32(22)36-17-21/h7-9,11-15,17-18H,5-6,10,19H2,1-4H3,(H,35,37)(H,38,41). The summed E-state index contributed by atoms with van der Waals surface area (Å²) in [6.07, 6.45) is 6.49. The predicted molar refractivity (Wildman–Crippen MR) is 167 cm³/mol. The molecule has 0 spiro atoms. The number of halogens is 1. The van der Waals surface area contributed by atoms with Crippen molar-refractivity contribution in [3.05, 3.63) is 82.8 Å². The van der Waals surface area contributed by atoms with Crippen LogP contribution in [0.25, 0.3) is 21.9 Å². The molecule has 0 bridgehead atoms. The molecular weight excluding hydrogens is 550 g/mol. The summed E-state index contributed by atoms with van der Waals surface area (Å²) in [4.78, 5) is 23.6. The van der Waals surface area contributed by atoms with E-state index in [-0.39, 0.29) is 5.91 Å². The second-order valence-electron chi connectivity index (χ2n) is 10.5. The van der Waals surface area contributed by atoms with E-state index < -0.39 is 0 Å². The monoisotopic (exact) mass is 581 g/mol. The van der Waals surface area contributed by atoms with Crippen molar-refractivity contribution in [3.63, 3.8) is 0 Å². The molecule has 214 valence electrons. The van der Waals surface area contributed by atoms with E-state index in [4.69, 9.17) is 16.3 Å². The molecule has 2 aromatic carbocycles. The molecule has 0 saturated heterocycles. The summed E-state index contributed by atoms with van der Waals surface area (Å²) in [6, 6.07) is 15.4. The highest BCUT2D eigenvalue weighted by Crippen LogP contribution is 2.35. The van der Waals surface area contributed by atoms with E-state index in [1.165, 1.54) is 0 Å². The molecule has 0 unspecified atom stereocenters. The smallest absolute Gasteiger partial charge is 0.224 e. The van der Waals surface area contributed by atoms with Crippen molar-refractivity contribution in [3.8, 4) is 11.8 Å². The van der Waals surface area contributed by atoms with Crippen LogP contribution in [0.3, 0.4) is 0 Å². The third kappa shape index (κ3) is 6.46. The fraction of sp³-hybridized carbons (Fsp3) is 0.250. The minimum absolute atomic E-state index is 0.0555. The summed E-state index contributed by atoms with van der Waals surface area (Å²) in [5.41, 5.74) is 5.75. The lowest BCUT2D eigenvalue weighted by Gasteiger charge is -2.16. The molecule has 42 heavy (non-hydrogen) atoms. The molecule has 0 aliphatic rings. The van der Waals surface area contributed by atoms with Gasteiger partial charge in [-0.15, -0.1) is 0 Å². The number of aromatic nitrogens is 3. The van der Waals surface area contributed by atoms with Gasteiger partial charge in [-0.3, -0.25) is 9.78 Å². The van der Waals surface area contributed by atoms with Gasteiger partial charge in [-0.25, -0.2) is 4.98 Å². The fourth-order valence-corrected chi connectivity index (χ4v) is 4.98. The number of hydrogen-bond donors (Lipinski definition) is 2. The summed E-state index contributed by atoms with van der Waals surface area (Å²) in [6.45, 7) is 3.08. The Balaban J connectivity index is 1.35. The topological polar surface area (TPSA) is 108 Å². The SMILES string of the molecule is Cc1cc2ncc(C#N)c(Nc3ccc(OCc4cnc5c(ccn5C)c4)c(Cl)c3)c2cc1NC(=O)CCCN(C)C. The zero-order valence-electron chi connectivity index (χ0n) is 24.0. The summed E-state index contributed by atoms with van der Waals surface area (Å²) in [7, 11) is 5.93. The predicted octanol–water partition coefficient (Wildman–Crippen LogP) is 6.56. The molecule has 3 aromatic heterocycles. The molecule has 0 radical (unpaired) electrons. The average Bonchev–Trinajstić information content (AvgIpc) is 3.33. The molecule has 10 heteroatoms. The van der Waals surface area contributed by atoms with Crippen LogP contribution in [0.4, 0.5) is 17.1 Å². The summed E-state index contributed by atoms with van der Waals surface area (Å²) in [5.74, 6) is 0.477. The Morgan fingerprint density at radius 2 is 1.98 bits per heavy atom. The lowest BCUT2D eigenvalue weighted by Crippen LogP contribution is -2.17. The number of benzene rings is 2. The van der Waals surface area contributed by atoms with Gasteiger partial charge < -0.3 is 24.8 Å². The van der Waals surface area contributed by atoms with Gasteiger partial charge in [-0.2, -0.15) is 5.26 Å². The van der Waals surface area contributed by atoms with Gasteiger partial charge in [-0.05, 0) is 82.0 Å². The highest BCUT2D eigenvalue weighted by molar-refractivity contribution is 6.32. The first-order valence-electron chi connectivity index (χ1n) is 13.6. The average molecular weight is 582 g/mol. The van der Waals surface area contributed by atoms with E-state index in [1.54, 1.807) is 24.5 Å². The number of amides is 1. The van der Waals surface area contributed by atoms with Gasteiger partial charge >= 0.3 is 0 Å². The lowest BCUT2D eigenvalue weighted by molar-refractivity contribution is -0.116. The summed E-state index contributed by atoms with van der Waals surface area (Å²) < 4.78 is 7.96. The number of anilines is 3. The van der Waals surface area contributed by atoms with E-state index in [0.29, 0.717) is 57.3 Å². The van der Waals surface area contributed by atoms with Crippen molar-refractivity contribution in [1.82, 2.24) is 19.4 Å². The molecule has 1 amide bonds. The number of fused-ring (bicyclic) bond motifs is 2. The highest BCUT2D eigenvalue weighted by atomic mass is 35.5. The summed E-state index contributed by atoms with van der Waals surface area (Å²) >= 11 is 6.60. The van der Waals surface area contributed by atoms with Crippen LogP contribution < -0.4 is 15.4 Å². The van der Waals surface area contributed by atoms with E-state index in [0.717, 1.165) is 35.1 Å². The van der Waals surface area contributed by atoms with Gasteiger partial charge in [0.15, 0.2) is 0 Å². The molecule has 5 aromatic rings. The van der Waals surface area contributed by atoms with Gasteiger partial charge in [0.2, 0.25) is 5.91 Å². The van der Waals surface area contributed by atoms with Crippen molar-refractivity contribution in [2.24, 2.45) is 7.05 Å². The number of aryl methyl sites for hydroxylation is 2. The number of ether oxygens (including phenoxy) is 1. The van der Waals surface area contributed by atoms with Crippen molar-refractivity contribution in [1.29, 1.82) is 5.26 Å². The van der Waals surface area contributed by atoms with Crippen LogP contribution in [0.1, 0.15) is 29.5 Å². The van der Waals surface area contributed by atoms with Crippen LogP contribution in [0.5, 0.6) is 5.75 Å². The van der Waals surface area contributed by atoms with Crippen LogP contribution in [-0.2, 0) is 18.4 Å². The number of rotatable bonds is 10. The van der Waals surface area contributed by atoms with Crippen molar-refractivity contribution < 1.29 is 9.53 Å². The Kier molecular flexibility index (Phi) is 8.57. The Hall–Kier alpha value is -4.65. The van der Waals surface area contributed by atoms with Crippen LogP contribution in [0, 0.1) is 18.3 Å². The van der Waals surface area contributed by atoms with Gasteiger partial charge in [0.1, 0.15) is 24.1 Å². The second kappa shape index (κ2) is 12.5. The molecule has 9 nitrogen and oxygen atoms in total. The van der Waals surface area contributed by atoms with Crippen LogP contribution in [0.15, 0.2) is 61.1 Å². The molecule has 0 fully saturated rings. The molecular formula is C32H32ClN7O2. The van der Waals surface area contributed by atoms with Crippen molar-refractivity contribution >= 4 is 56.5 Å². The Morgan fingerprint density at radius 3 is 2.74 bits per heavy atom. The maximum absolute atomic E-state index is 12.6. The van der Waals surface area contributed by atoms with Crippen molar-refractivity contribution in [2.75, 3.05) is 31.3 Å². The van der Waals surface area contributed by atoms with Crippen LogP contribution in [-0.4, -0.2) is 46.0 Å². The van der Waals surface area contributed by atoms with Gasteiger partial charge in [0.25, 0.3) is 0 Å². The number of nitrogens with one attached hydrogen (secondary N) is 2. The first-order valence-corrected chi connectivity index (χ1v) is 14.0. The Morgan fingerprint density at radius 1 is 1.14 bits per heavy atom. The highest BCUT2D eigenvalue weighted by Gasteiger charge is 2.15. The molecule has 0 aliphatic carbocycles. The van der Waals surface area contributed by atoms with E-state index in [1.807, 2.05) is 69.2 Å². The normalized spacial score (nSPS) is 11.2. The largest absolute Gasteiger partial charge is 0.487 e. The van der Waals surface area contributed by atoms with E-state index in [2.05, 4.69) is 31.6 Å². The number of hydrogen-bond acceptors (Lipinski definition) is 7. The molecule has 0 saturated carbocycles. The number of carbonyl (C=O) groups is 1. The molecule has 3 heterocycles. The first kappa shape index (κ1) is 28.9. The number of pyridine rings is 2. The first-order chi connectivity index (χ1) is 20.2. The van der Waals surface area contributed by atoms with Crippen LogP contribution in [0.2, 0.25) is 5.02 Å². The Labute approximate surface area is 249 Å². The van der Waals surface area contributed by atoms with Gasteiger partial charge in [0.05, 0.1) is 21.8 Å².